The van der Waals surface area contributed by atoms with Crippen LogP contribution >= 0.6 is 0 Å². The van der Waals surface area contributed by atoms with Crippen LogP contribution in [0.4, 0.5) is 0 Å². The molecule has 7 nitrogen and oxygen atoms in total. The molecule has 7 heteroatoms. The Labute approximate surface area is 160 Å². The van der Waals surface area contributed by atoms with Crippen LogP contribution < -0.4 is 14.9 Å². The van der Waals surface area contributed by atoms with Gasteiger partial charge in [-0.05, 0) is 40.6 Å². The molecule has 1 atom stereocenters. The Balaban J connectivity index is 1.40. The fourth-order valence-corrected chi connectivity index (χ4v) is 2.84. The van der Waals surface area contributed by atoms with Crippen LogP contribution in [0.1, 0.15) is 15.9 Å². The maximum atomic E-state index is 12.3. The van der Waals surface area contributed by atoms with Gasteiger partial charge in [-0.1, -0.05) is 36.4 Å². The molecule has 0 aromatic heterocycles. The Morgan fingerprint density at radius 2 is 1.71 bits per heavy atom. The summed E-state index contributed by atoms with van der Waals surface area (Å²) in [4.78, 5) is 23.1. The molecule has 0 radical (unpaired) electrons. The molecule has 2 N–H and O–H groups in total. The van der Waals surface area contributed by atoms with Crippen LogP contribution in [-0.2, 0) is 4.79 Å². The number of aromatic carboxylic acids is 1. The van der Waals surface area contributed by atoms with E-state index in [0.717, 1.165) is 10.8 Å². The summed E-state index contributed by atoms with van der Waals surface area (Å²) in [6.07, 6.45) is 0.606. The second-order valence-electron chi connectivity index (χ2n) is 6.23. The van der Waals surface area contributed by atoms with Crippen molar-refractivity contribution in [3.05, 3.63) is 71.8 Å². The molecule has 0 spiro atoms. The second-order valence-corrected chi connectivity index (χ2v) is 6.23. The third kappa shape index (κ3) is 3.64. The smallest absolute Gasteiger partial charge is 0.335 e. The number of hydrogen-bond acceptors (Lipinski definition) is 5. The Morgan fingerprint density at radius 3 is 2.39 bits per heavy atom. The lowest BCUT2D eigenvalue weighted by atomic mass is 10.1. The summed E-state index contributed by atoms with van der Waals surface area (Å²) < 4.78 is 11.4. The standard InChI is InChI=1S/C21H16N2O5/c24-20(23-22-11-13-5-7-14(8-6-13)21(25)26)19-12-27-17-9-15-3-1-2-4-16(15)10-18(17)28-19/h1-11,19H,12H2,(H,23,24)(H,25,26)/t19-/m1/s1. The van der Waals surface area contributed by atoms with Crippen molar-refractivity contribution in [1.29, 1.82) is 0 Å². The van der Waals surface area contributed by atoms with Gasteiger partial charge in [-0.25, -0.2) is 10.2 Å². The van der Waals surface area contributed by atoms with Crippen molar-refractivity contribution in [2.45, 2.75) is 6.10 Å². The molecular weight excluding hydrogens is 360 g/mol. The fraction of sp³-hybridized carbons (Fsp3) is 0.0952. The molecule has 0 unspecified atom stereocenters. The normalized spacial score (nSPS) is 15.5. The first kappa shape index (κ1) is 17.5. The number of carboxylic acid groups (broad SMARTS) is 1. The van der Waals surface area contributed by atoms with E-state index in [9.17, 15) is 9.59 Å². The van der Waals surface area contributed by atoms with Gasteiger partial charge >= 0.3 is 5.97 Å². The van der Waals surface area contributed by atoms with Crippen molar-refractivity contribution >= 4 is 28.9 Å². The lowest BCUT2D eigenvalue weighted by molar-refractivity contribution is -0.130. The number of fused-ring (bicyclic) bond motifs is 2. The van der Waals surface area contributed by atoms with Gasteiger partial charge in [0.2, 0.25) is 6.10 Å². The monoisotopic (exact) mass is 376 g/mol. The lowest BCUT2D eigenvalue weighted by Crippen LogP contribution is -2.42. The van der Waals surface area contributed by atoms with E-state index in [-0.39, 0.29) is 12.2 Å². The summed E-state index contributed by atoms with van der Waals surface area (Å²) in [6, 6.07) is 17.7. The molecule has 0 aliphatic carbocycles. The summed E-state index contributed by atoms with van der Waals surface area (Å²) in [6.45, 7) is 0.0833. The van der Waals surface area contributed by atoms with Crippen LogP contribution in [0.5, 0.6) is 11.5 Å². The quantitative estimate of drug-likeness (QED) is 0.539. The molecule has 0 bridgehead atoms. The Morgan fingerprint density at radius 1 is 1.04 bits per heavy atom. The Kier molecular flexibility index (Phi) is 4.63. The van der Waals surface area contributed by atoms with E-state index < -0.39 is 18.0 Å². The third-order valence-electron chi connectivity index (χ3n) is 4.31. The van der Waals surface area contributed by atoms with Crippen molar-refractivity contribution in [2.75, 3.05) is 6.61 Å². The van der Waals surface area contributed by atoms with Crippen LogP contribution in [0, 0.1) is 0 Å². The van der Waals surface area contributed by atoms with Gasteiger partial charge in [0, 0.05) is 0 Å². The average Bonchev–Trinajstić information content (AvgIpc) is 2.72. The predicted molar refractivity (Wildman–Crippen MR) is 103 cm³/mol. The molecule has 1 heterocycles. The van der Waals surface area contributed by atoms with Gasteiger partial charge < -0.3 is 14.6 Å². The molecule has 0 saturated carbocycles. The van der Waals surface area contributed by atoms with Crippen molar-refractivity contribution in [2.24, 2.45) is 5.10 Å². The number of carbonyl (C=O) groups is 2. The molecule has 0 fully saturated rings. The molecule has 1 amide bonds. The van der Waals surface area contributed by atoms with Crippen LogP contribution in [-0.4, -0.2) is 35.9 Å². The van der Waals surface area contributed by atoms with Crippen LogP contribution in [0.2, 0.25) is 0 Å². The summed E-state index contributed by atoms with van der Waals surface area (Å²) in [7, 11) is 0. The maximum Gasteiger partial charge on any atom is 0.335 e. The highest BCUT2D eigenvalue weighted by Gasteiger charge is 2.27. The highest BCUT2D eigenvalue weighted by atomic mass is 16.6. The van der Waals surface area contributed by atoms with E-state index in [4.69, 9.17) is 14.6 Å². The van der Waals surface area contributed by atoms with Crippen LogP contribution in [0.3, 0.4) is 0 Å². The van der Waals surface area contributed by atoms with E-state index in [1.165, 1.54) is 18.3 Å². The number of hydrogen-bond donors (Lipinski definition) is 2. The number of ether oxygens (including phenoxy) is 2. The topological polar surface area (TPSA) is 97.2 Å². The van der Waals surface area contributed by atoms with Crippen LogP contribution in [0.25, 0.3) is 10.8 Å². The first-order valence-electron chi connectivity index (χ1n) is 8.59. The van der Waals surface area contributed by atoms with E-state index in [2.05, 4.69) is 10.5 Å². The Bertz CT molecular complexity index is 1080. The summed E-state index contributed by atoms with van der Waals surface area (Å²) >= 11 is 0. The number of nitrogens with one attached hydrogen (secondary N) is 1. The number of carbonyl (C=O) groups excluding carboxylic acids is 1. The van der Waals surface area contributed by atoms with Crippen molar-refractivity contribution < 1.29 is 24.2 Å². The molecule has 3 aromatic rings. The zero-order valence-corrected chi connectivity index (χ0v) is 14.7. The summed E-state index contributed by atoms with van der Waals surface area (Å²) in [5.74, 6) is -0.320. The maximum absolute atomic E-state index is 12.3. The molecule has 0 saturated heterocycles. The lowest BCUT2D eigenvalue weighted by Gasteiger charge is -2.25. The van der Waals surface area contributed by atoms with Gasteiger partial charge in [-0.15, -0.1) is 0 Å². The average molecular weight is 376 g/mol. The van der Waals surface area contributed by atoms with Gasteiger partial charge in [-0.3, -0.25) is 4.79 Å². The van der Waals surface area contributed by atoms with E-state index in [1.807, 2.05) is 36.4 Å². The summed E-state index contributed by atoms with van der Waals surface area (Å²) in [5.41, 5.74) is 3.25. The van der Waals surface area contributed by atoms with Crippen molar-refractivity contribution in [1.82, 2.24) is 5.43 Å². The number of rotatable bonds is 4. The summed E-state index contributed by atoms with van der Waals surface area (Å²) in [5, 5.41) is 14.8. The van der Waals surface area contributed by atoms with Crippen LogP contribution in [0.15, 0.2) is 65.8 Å². The van der Waals surface area contributed by atoms with E-state index >= 15 is 0 Å². The first-order valence-corrected chi connectivity index (χ1v) is 8.59. The molecular formula is C21H16N2O5. The minimum atomic E-state index is -1.00. The number of nitrogens with zero attached hydrogens (tertiary/aromatic N) is 1. The minimum absolute atomic E-state index is 0.0833. The van der Waals surface area contributed by atoms with E-state index in [1.54, 1.807) is 12.1 Å². The van der Waals surface area contributed by atoms with Gasteiger partial charge in [0.25, 0.3) is 5.91 Å². The minimum Gasteiger partial charge on any atom is -0.485 e. The number of benzene rings is 3. The highest BCUT2D eigenvalue weighted by Crippen LogP contribution is 2.35. The highest BCUT2D eigenvalue weighted by molar-refractivity contribution is 5.90. The molecule has 3 aromatic carbocycles. The Hall–Kier alpha value is -3.87. The van der Waals surface area contributed by atoms with Crippen molar-refractivity contribution in [3.63, 3.8) is 0 Å². The molecule has 28 heavy (non-hydrogen) atoms. The SMILES string of the molecule is O=C(O)c1ccc(C=NNC(=O)[C@H]2COc3cc4ccccc4cc3O2)cc1. The zero-order valence-electron chi connectivity index (χ0n) is 14.7. The molecule has 140 valence electrons. The van der Waals surface area contributed by atoms with Gasteiger partial charge in [0.15, 0.2) is 11.5 Å². The number of hydrazone groups is 1. The fourth-order valence-electron chi connectivity index (χ4n) is 2.84. The van der Waals surface area contributed by atoms with Crippen molar-refractivity contribution in [3.8, 4) is 11.5 Å². The van der Waals surface area contributed by atoms with E-state index in [0.29, 0.717) is 17.1 Å². The molecule has 4 rings (SSSR count). The second kappa shape index (κ2) is 7.40. The third-order valence-corrected chi connectivity index (χ3v) is 4.31. The largest absolute Gasteiger partial charge is 0.485 e. The number of amides is 1. The van der Waals surface area contributed by atoms with Gasteiger partial charge in [-0.2, -0.15) is 5.10 Å². The first-order chi connectivity index (χ1) is 13.6. The zero-order chi connectivity index (χ0) is 19.5. The molecule has 1 aliphatic rings. The molecule has 1 aliphatic heterocycles. The van der Waals surface area contributed by atoms with Gasteiger partial charge in [0.05, 0.1) is 11.8 Å². The number of carboxylic acids is 1. The van der Waals surface area contributed by atoms with Gasteiger partial charge in [0.1, 0.15) is 6.61 Å². The predicted octanol–water partition coefficient (Wildman–Crippen LogP) is 2.83.